The SMILES string of the molecule is CCN(C(=O)c1cc(C(=O)O)on1)c1cccc(C)c1. The first-order valence-electron chi connectivity index (χ1n) is 6.11. The number of nitrogens with zero attached hydrogens (tertiary/aromatic N) is 2. The summed E-state index contributed by atoms with van der Waals surface area (Å²) in [6.07, 6.45) is 0. The Morgan fingerprint density at radius 1 is 1.35 bits per heavy atom. The average Bonchev–Trinajstić information content (AvgIpc) is 2.89. The first-order chi connectivity index (χ1) is 9.52. The minimum Gasteiger partial charge on any atom is -0.475 e. The van der Waals surface area contributed by atoms with Crippen molar-refractivity contribution in [2.75, 3.05) is 11.4 Å². The van der Waals surface area contributed by atoms with Gasteiger partial charge in [-0.2, -0.15) is 0 Å². The molecule has 0 spiro atoms. The normalized spacial score (nSPS) is 10.3. The average molecular weight is 274 g/mol. The lowest BCUT2D eigenvalue weighted by molar-refractivity contribution is 0.0651. The molecule has 1 aromatic heterocycles. The quantitative estimate of drug-likeness (QED) is 0.925. The molecule has 0 aliphatic rings. The third-order valence-corrected chi connectivity index (χ3v) is 2.81. The van der Waals surface area contributed by atoms with Crippen LogP contribution in [0, 0.1) is 6.92 Å². The second kappa shape index (κ2) is 5.56. The summed E-state index contributed by atoms with van der Waals surface area (Å²) in [6.45, 7) is 4.20. The van der Waals surface area contributed by atoms with Gasteiger partial charge in [0, 0.05) is 18.3 Å². The molecular formula is C14H14N2O4. The van der Waals surface area contributed by atoms with Crippen LogP contribution in [0.1, 0.15) is 33.5 Å². The van der Waals surface area contributed by atoms with E-state index in [9.17, 15) is 9.59 Å². The largest absolute Gasteiger partial charge is 0.475 e. The maximum absolute atomic E-state index is 12.3. The molecule has 1 heterocycles. The summed E-state index contributed by atoms with van der Waals surface area (Å²) in [5, 5.41) is 12.3. The van der Waals surface area contributed by atoms with Crippen molar-refractivity contribution in [2.45, 2.75) is 13.8 Å². The number of benzene rings is 1. The molecule has 2 aromatic rings. The molecule has 0 saturated heterocycles. The smallest absolute Gasteiger partial charge is 0.374 e. The highest BCUT2D eigenvalue weighted by atomic mass is 16.5. The van der Waals surface area contributed by atoms with Crippen LogP contribution >= 0.6 is 0 Å². The number of hydrogen-bond donors (Lipinski definition) is 1. The van der Waals surface area contributed by atoms with Gasteiger partial charge in [-0.25, -0.2) is 4.79 Å². The fraction of sp³-hybridized carbons (Fsp3) is 0.214. The van der Waals surface area contributed by atoms with E-state index >= 15 is 0 Å². The molecule has 2 rings (SSSR count). The monoisotopic (exact) mass is 274 g/mol. The molecule has 20 heavy (non-hydrogen) atoms. The van der Waals surface area contributed by atoms with Gasteiger partial charge in [-0.3, -0.25) is 4.79 Å². The number of anilines is 1. The minimum absolute atomic E-state index is 0.0224. The molecule has 1 aromatic carbocycles. The van der Waals surface area contributed by atoms with Crippen LogP contribution in [0.3, 0.4) is 0 Å². The predicted octanol–water partition coefficient (Wildman–Crippen LogP) is 2.35. The van der Waals surface area contributed by atoms with Crippen molar-refractivity contribution in [3.63, 3.8) is 0 Å². The topological polar surface area (TPSA) is 83.6 Å². The highest BCUT2D eigenvalue weighted by Gasteiger charge is 2.22. The van der Waals surface area contributed by atoms with Gasteiger partial charge in [0.05, 0.1) is 0 Å². The number of aromatic nitrogens is 1. The molecular weight excluding hydrogens is 260 g/mol. The molecule has 0 bridgehead atoms. The van der Waals surface area contributed by atoms with Crippen LogP contribution in [0.5, 0.6) is 0 Å². The van der Waals surface area contributed by atoms with Crippen LogP contribution in [0.15, 0.2) is 34.9 Å². The van der Waals surface area contributed by atoms with E-state index in [1.54, 1.807) is 0 Å². The number of carboxylic acids is 1. The number of hydrogen-bond acceptors (Lipinski definition) is 4. The van der Waals surface area contributed by atoms with Gasteiger partial charge in [0.15, 0.2) is 5.69 Å². The van der Waals surface area contributed by atoms with Gasteiger partial charge >= 0.3 is 5.97 Å². The van der Waals surface area contributed by atoms with Crippen LogP contribution in [0.2, 0.25) is 0 Å². The summed E-state index contributed by atoms with van der Waals surface area (Å²) >= 11 is 0. The second-order valence-corrected chi connectivity index (χ2v) is 4.27. The van der Waals surface area contributed by atoms with Crippen molar-refractivity contribution >= 4 is 17.6 Å². The van der Waals surface area contributed by atoms with Gasteiger partial charge in [0.25, 0.3) is 5.91 Å². The Hall–Kier alpha value is -2.63. The summed E-state index contributed by atoms with van der Waals surface area (Å²) in [5.74, 6) is -2.00. The van der Waals surface area contributed by atoms with E-state index in [4.69, 9.17) is 5.11 Å². The van der Waals surface area contributed by atoms with Crippen molar-refractivity contribution in [3.05, 3.63) is 47.3 Å². The highest BCUT2D eigenvalue weighted by Crippen LogP contribution is 2.18. The van der Waals surface area contributed by atoms with Crippen molar-refractivity contribution < 1.29 is 19.2 Å². The first kappa shape index (κ1) is 13.8. The zero-order valence-corrected chi connectivity index (χ0v) is 11.2. The lowest BCUT2D eigenvalue weighted by Crippen LogP contribution is -2.30. The highest BCUT2D eigenvalue weighted by molar-refractivity contribution is 6.05. The molecule has 0 aliphatic carbocycles. The fourth-order valence-corrected chi connectivity index (χ4v) is 1.85. The van der Waals surface area contributed by atoms with Gasteiger partial charge in [-0.05, 0) is 31.5 Å². The van der Waals surface area contributed by atoms with Crippen LogP contribution in [-0.2, 0) is 0 Å². The number of rotatable bonds is 4. The Labute approximate surface area is 115 Å². The molecule has 6 heteroatoms. The lowest BCUT2D eigenvalue weighted by atomic mass is 10.2. The molecule has 1 amide bonds. The summed E-state index contributed by atoms with van der Waals surface area (Å²) in [7, 11) is 0. The summed E-state index contributed by atoms with van der Waals surface area (Å²) in [5.41, 5.74) is 1.74. The zero-order valence-electron chi connectivity index (χ0n) is 11.2. The van der Waals surface area contributed by atoms with Gasteiger partial charge in [0.2, 0.25) is 5.76 Å². The number of aromatic carboxylic acids is 1. The van der Waals surface area contributed by atoms with E-state index in [0.717, 1.165) is 17.3 Å². The van der Waals surface area contributed by atoms with E-state index in [1.165, 1.54) is 4.90 Å². The van der Waals surface area contributed by atoms with Crippen molar-refractivity contribution in [1.29, 1.82) is 0 Å². The van der Waals surface area contributed by atoms with Crippen molar-refractivity contribution in [1.82, 2.24) is 5.16 Å². The molecule has 1 N–H and O–H groups in total. The van der Waals surface area contributed by atoms with Crippen LogP contribution in [0.25, 0.3) is 0 Å². The second-order valence-electron chi connectivity index (χ2n) is 4.27. The number of carboxylic acid groups (broad SMARTS) is 1. The number of carbonyl (C=O) groups is 2. The molecule has 0 unspecified atom stereocenters. The minimum atomic E-state index is -1.25. The molecule has 0 aliphatic heterocycles. The third-order valence-electron chi connectivity index (χ3n) is 2.81. The van der Waals surface area contributed by atoms with E-state index in [1.807, 2.05) is 38.1 Å². The van der Waals surface area contributed by atoms with Gasteiger partial charge in [-0.1, -0.05) is 17.3 Å². The Balaban J connectivity index is 2.31. The van der Waals surface area contributed by atoms with E-state index < -0.39 is 11.9 Å². The van der Waals surface area contributed by atoms with E-state index in [0.29, 0.717) is 6.54 Å². The molecule has 0 saturated carbocycles. The zero-order chi connectivity index (χ0) is 14.7. The van der Waals surface area contributed by atoms with Crippen molar-refractivity contribution in [3.8, 4) is 0 Å². The Bertz CT molecular complexity index is 648. The lowest BCUT2D eigenvalue weighted by Gasteiger charge is -2.20. The molecule has 104 valence electrons. The summed E-state index contributed by atoms with van der Waals surface area (Å²) in [4.78, 5) is 24.6. The van der Waals surface area contributed by atoms with Crippen molar-refractivity contribution in [2.24, 2.45) is 0 Å². The number of carbonyl (C=O) groups excluding carboxylic acids is 1. The van der Waals surface area contributed by atoms with Gasteiger partial charge < -0.3 is 14.5 Å². The fourth-order valence-electron chi connectivity index (χ4n) is 1.85. The first-order valence-corrected chi connectivity index (χ1v) is 6.11. The maximum Gasteiger partial charge on any atom is 0.374 e. The van der Waals surface area contributed by atoms with Gasteiger partial charge in [0.1, 0.15) is 0 Å². The number of amides is 1. The van der Waals surface area contributed by atoms with E-state index in [-0.39, 0.29) is 11.5 Å². The Morgan fingerprint density at radius 2 is 2.10 bits per heavy atom. The molecule has 6 nitrogen and oxygen atoms in total. The van der Waals surface area contributed by atoms with E-state index in [2.05, 4.69) is 9.68 Å². The Morgan fingerprint density at radius 3 is 2.65 bits per heavy atom. The van der Waals surface area contributed by atoms with Crippen LogP contribution in [0.4, 0.5) is 5.69 Å². The molecule has 0 atom stereocenters. The number of aryl methyl sites for hydroxylation is 1. The molecule has 0 radical (unpaired) electrons. The summed E-state index contributed by atoms with van der Waals surface area (Å²) in [6, 6.07) is 8.60. The maximum atomic E-state index is 12.3. The van der Waals surface area contributed by atoms with Gasteiger partial charge in [-0.15, -0.1) is 0 Å². The third kappa shape index (κ3) is 2.69. The Kier molecular flexibility index (Phi) is 3.84. The standard InChI is InChI=1S/C14H14N2O4/c1-3-16(10-6-4-5-9(2)7-10)13(17)11-8-12(14(18)19)20-15-11/h4-8H,3H2,1-2H3,(H,18,19). The summed E-state index contributed by atoms with van der Waals surface area (Å²) < 4.78 is 4.60. The molecule has 0 fully saturated rings. The predicted molar refractivity (Wildman–Crippen MR) is 72.0 cm³/mol. The van der Waals surface area contributed by atoms with Crippen LogP contribution in [-0.4, -0.2) is 28.7 Å². The van der Waals surface area contributed by atoms with Crippen LogP contribution < -0.4 is 4.90 Å².